The van der Waals surface area contributed by atoms with Gasteiger partial charge in [0.2, 0.25) is 0 Å². The van der Waals surface area contributed by atoms with Crippen molar-refractivity contribution in [2.75, 3.05) is 11.4 Å². The van der Waals surface area contributed by atoms with Gasteiger partial charge in [-0.05, 0) is 28.1 Å². The lowest BCUT2D eigenvalue weighted by atomic mass is 10.1. The quantitative estimate of drug-likeness (QED) is 0.912. The van der Waals surface area contributed by atoms with Gasteiger partial charge in [-0.2, -0.15) is 0 Å². The summed E-state index contributed by atoms with van der Waals surface area (Å²) in [4.78, 5) is 24.4. The Labute approximate surface area is 121 Å². The minimum atomic E-state index is -1.06. The predicted molar refractivity (Wildman–Crippen MR) is 76.0 cm³/mol. The van der Waals surface area contributed by atoms with E-state index in [9.17, 15) is 9.59 Å². The molecule has 0 aliphatic carbocycles. The van der Waals surface area contributed by atoms with Crippen LogP contribution >= 0.6 is 27.5 Å². The molecule has 1 aliphatic heterocycles. The number of carbonyl (C=O) groups is 2. The fourth-order valence-electron chi connectivity index (χ4n) is 2.36. The number of halogens is 2. The second kappa shape index (κ2) is 4.21. The lowest BCUT2D eigenvalue weighted by Gasteiger charge is -2.16. The zero-order chi connectivity index (χ0) is 13.7. The molecule has 3 rings (SSSR count). The molecule has 0 bridgehead atoms. The second-order valence-electron chi connectivity index (χ2n) is 4.20. The van der Waals surface area contributed by atoms with E-state index in [0.29, 0.717) is 26.1 Å². The highest BCUT2D eigenvalue weighted by Crippen LogP contribution is 2.45. The molecule has 4 nitrogen and oxygen atoms in total. The molecular weight excluding hydrogens is 334 g/mol. The van der Waals surface area contributed by atoms with E-state index in [1.54, 1.807) is 18.2 Å². The molecule has 0 saturated carbocycles. The van der Waals surface area contributed by atoms with Crippen molar-refractivity contribution in [1.29, 1.82) is 0 Å². The molecule has 2 aromatic rings. The van der Waals surface area contributed by atoms with Crippen molar-refractivity contribution in [3.8, 4) is 0 Å². The number of carboxylic acids is 1. The van der Waals surface area contributed by atoms with Crippen molar-refractivity contribution >= 4 is 55.9 Å². The van der Waals surface area contributed by atoms with E-state index in [1.165, 1.54) is 4.90 Å². The Morgan fingerprint density at radius 3 is 2.84 bits per heavy atom. The van der Waals surface area contributed by atoms with Gasteiger partial charge in [-0.3, -0.25) is 14.5 Å². The maximum absolute atomic E-state index is 12.3. The third-order valence-electron chi connectivity index (χ3n) is 3.08. The predicted octanol–water partition coefficient (Wildman–Crippen LogP) is 3.30. The van der Waals surface area contributed by atoms with E-state index < -0.39 is 5.97 Å². The lowest BCUT2D eigenvalue weighted by molar-refractivity contribution is -0.135. The first kappa shape index (κ1) is 12.4. The molecular formula is C13H7BrClNO3. The summed E-state index contributed by atoms with van der Waals surface area (Å²) in [5.74, 6) is -1.37. The number of carboxylic acid groups (broad SMARTS) is 1. The van der Waals surface area contributed by atoms with Gasteiger partial charge in [0.25, 0.3) is 5.91 Å². The lowest BCUT2D eigenvalue weighted by Crippen LogP contribution is -2.32. The summed E-state index contributed by atoms with van der Waals surface area (Å²) in [6.07, 6.45) is 0. The van der Waals surface area contributed by atoms with E-state index in [1.807, 2.05) is 6.07 Å². The standard InChI is InChI=1S/C13H7BrClNO3/c14-8-4-9(15)6-2-1-3-7-11(6)12(8)16(13(7)19)5-10(17)18/h1-4H,5H2,(H,17,18). The molecule has 0 atom stereocenters. The van der Waals surface area contributed by atoms with Crippen LogP contribution in [-0.4, -0.2) is 23.5 Å². The number of nitrogens with zero attached hydrogens (tertiary/aromatic N) is 1. The summed E-state index contributed by atoms with van der Waals surface area (Å²) in [7, 11) is 0. The van der Waals surface area contributed by atoms with Crippen LogP contribution in [0, 0.1) is 0 Å². The van der Waals surface area contributed by atoms with Gasteiger partial charge in [-0.25, -0.2) is 0 Å². The number of carbonyl (C=O) groups excluding carboxylic acids is 1. The number of hydrogen-bond acceptors (Lipinski definition) is 2. The van der Waals surface area contributed by atoms with Crippen LogP contribution in [0.4, 0.5) is 5.69 Å². The number of rotatable bonds is 2. The Kier molecular flexibility index (Phi) is 2.76. The van der Waals surface area contributed by atoms with Crippen molar-refractivity contribution in [1.82, 2.24) is 0 Å². The van der Waals surface area contributed by atoms with Crippen molar-refractivity contribution < 1.29 is 14.7 Å². The monoisotopic (exact) mass is 339 g/mol. The van der Waals surface area contributed by atoms with Gasteiger partial charge in [-0.1, -0.05) is 23.7 Å². The van der Waals surface area contributed by atoms with Crippen molar-refractivity contribution in [2.45, 2.75) is 0 Å². The molecule has 1 amide bonds. The maximum atomic E-state index is 12.3. The molecule has 0 spiro atoms. The average molecular weight is 341 g/mol. The molecule has 0 unspecified atom stereocenters. The number of aliphatic carboxylic acids is 1. The average Bonchev–Trinajstić information content (AvgIpc) is 2.61. The highest BCUT2D eigenvalue weighted by atomic mass is 79.9. The summed E-state index contributed by atoms with van der Waals surface area (Å²) in [5.41, 5.74) is 1.05. The Hall–Kier alpha value is -1.59. The molecule has 2 aromatic carbocycles. The summed E-state index contributed by atoms with van der Waals surface area (Å²) >= 11 is 9.51. The largest absolute Gasteiger partial charge is 0.480 e. The normalized spacial score (nSPS) is 13.4. The summed E-state index contributed by atoms with van der Waals surface area (Å²) in [5, 5.41) is 10.9. The topological polar surface area (TPSA) is 57.6 Å². The molecule has 0 radical (unpaired) electrons. The highest BCUT2D eigenvalue weighted by molar-refractivity contribution is 9.10. The van der Waals surface area contributed by atoms with Gasteiger partial charge < -0.3 is 5.11 Å². The maximum Gasteiger partial charge on any atom is 0.323 e. The summed E-state index contributed by atoms with van der Waals surface area (Å²) < 4.78 is 0.615. The third-order valence-corrected chi connectivity index (χ3v) is 3.99. The van der Waals surface area contributed by atoms with Crippen LogP contribution in [-0.2, 0) is 4.79 Å². The SMILES string of the molecule is O=C(O)CN1C(=O)c2cccc3c(Cl)cc(Br)c1c23. The van der Waals surface area contributed by atoms with E-state index in [4.69, 9.17) is 16.7 Å². The van der Waals surface area contributed by atoms with Gasteiger partial charge in [0.1, 0.15) is 6.54 Å². The summed E-state index contributed by atoms with van der Waals surface area (Å²) in [6.45, 7) is -0.372. The smallest absolute Gasteiger partial charge is 0.323 e. The first-order valence-electron chi connectivity index (χ1n) is 5.45. The Balaban J connectivity index is 2.37. The molecule has 96 valence electrons. The minimum Gasteiger partial charge on any atom is -0.480 e. The Bertz CT molecular complexity index is 744. The van der Waals surface area contributed by atoms with E-state index in [-0.39, 0.29) is 12.5 Å². The molecule has 1 heterocycles. The number of benzene rings is 2. The van der Waals surface area contributed by atoms with Crippen LogP contribution in [0.2, 0.25) is 5.02 Å². The van der Waals surface area contributed by atoms with Gasteiger partial charge in [0, 0.05) is 25.8 Å². The summed E-state index contributed by atoms with van der Waals surface area (Å²) in [6, 6.07) is 6.91. The van der Waals surface area contributed by atoms with Crippen LogP contribution < -0.4 is 4.90 Å². The van der Waals surface area contributed by atoms with E-state index >= 15 is 0 Å². The zero-order valence-electron chi connectivity index (χ0n) is 9.48. The van der Waals surface area contributed by atoms with Crippen LogP contribution in [0.3, 0.4) is 0 Å². The van der Waals surface area contributed by atoms with Gasteiger partial charge in [0.15, 0.2) is 0 Å². The van der Waals surface area contributed by atoms with Crippen molar-refractivity contribution in [3.05, 3.63) is 39.3 Å². The fraction of sp³-hybridized carbons (Fsp3) is 0.0769. The minimum absolute atomic E-state index is 0.314. The zero-order valence-corrected chi connectivity index (χ0v) is 11.8. The number of anilines is 1. The van der Waals surface area contributed by atoms with Crippen molar-refractivity contribution in [2.24, 2.45) is 0 Å². The molecule has 6 heteroatoms. The second-order valence-corrected chi connectivity index (χ2v) is 5.46. The first-order chi connectivity index (χ1) is 9.00. The number of hydrogen-bond donors (Lipinski definition) is 1. The van der Waals surface area contributed by atoms with Gasteiger partial charge in [0.05, 0.1) is 5.69 Å². The molecule has 0 aromatic heterocycles. The first-order valence-corrected chi connectivity index (χ1v) is 6.62. The molecule has 0 fully saturated rings. The van der Waals surface area contributed by atoms with Crippen molar-refractivity contribution in [3.63, 3.8) is 0 Å². The molecule has 19 heavy (non-hydrogen) atoms. The Morgan fingerprint density at radius 1 is 1.42 bits per heavy atom. The molecule has 1 aliphatic rings. The van der Waals surface area contributed by atoms with E-state index in [0.717, 1.165) is 5.39 Å². The Morgan fingerprint density at radius 2 is 2.16 bits per heavy atom. The molecule has 0 saturated heterocycles. The van der Waals surface area contributed by atoms with Crippen LogP contribution in [0.15, 0.2) is 28.7 Å². The fourth-order valence-corrected chi connectivity index (χ4v) is 3.40. The van der Waals surface area contributed by atoms with Gasteiger partial charge in [-0.15, -0.1) is 0 Å². The van der Waals surface area contributed by atoms with Gasteiger partial charge >= 0.3 is 5.97 Å². The number of amides is 1. The van der Waals surface area contributed by atoms with Crippen LogP contribution in [0.25, 0.3) is 10.8 Å². The molecule has 1 N–H and O–H groups in total. The third kappa shape index (κ3) is 1.73. The van der Waals surface area contributed by atoms with E-state index in [2.05, 4.69) is 15.9 Å². The highest BCUT2D eigenvalue weighted by Gasteiger charge is 2.33. The van der Waals surface area contributed by atoms with Crippen LogP contribution in [0.5, 0.6) is 0 Å². The van der Waals surface area contributed by atoms with Crippen LogP contribution in [0.1, 0.15) is 10.4 Å².